The Hall–Kier alpha value is -2.99. The second-order valence-corrected chi connectivity index (χ2v) is 9.17. The molecule has 1 atom stereocenters. The van der Waals surface area contributed by atoms with Gasteiger partial charge in [0.15, 0.2) is 0 Å². The van der Waals surface area contributed by atoms with E-state index in [4.69, 9.17) is 4.74 Å². The molecule has 1 amide bonds. The van der Waals surface area contributed by atoms with Crippen molar-refractivity contribution >= 4 is 27.9 Å². The van der Waals surface area contributed by atoms with Gasteiger partial charge in [-0.3, -0.25) is 9.11 Å². The van der Waals surface area contributed by atoms with Gasteiger partial charge in [-0.05, 0) is 35.9 Å². The zero-order valence-corrected chi connectivity index (χ0v) is 18.4. The number of H-pyrrole nitrogens is 1. The number of ether oxygens (including phenoxy) is 1. The highest BCUT2D eigenvalue weighted by molar-refractivity contribution is 7.85. The van der Waals surface area contributed by atoms with Crippen molar-refractivity contribution in [1.29, 1.82) is 0 Å². The lowest BCUT2D eigenvalue weighted by molar-refractivity contribution is -0.137. The molecule has 1 aromatic heterocycles. The Kier molecular flexibility index (Phi) is 6.94. The van der Waals surface area contributed by atoms with Gasteiger partial charge in [0.25, 0.3) is 0 Å². The summed E-state index contributed by atoms with van der Waals surface area (Å²) in [4.78, 5) is 16.7. The number of amides is 1. The first-order chi connectivity index (χ1) is 15.8. The summed E-state index contributed by atoms with van der Waals surface area (Å²) in [6, 6.07) is 9.86. The molecule has 176 valence electrons. The average Bonchev–Trinajstić information content (AvgIpc) is 3.29. The number of fused-ring (bicyclic) bond motifs is 1. The first kappa shape index (κ1) is 23.2. The summed E-state index contributed by atoms with van der Waals surface area (Å²) in [6.07, 6.45) is -4.90. The van der Waals surface area contributed by atoms with E-state index in [1.54, 1.807) is 23.1 Å². The fourth-order valence-electron chi connectivity index (χ4n) is 3.47. The van der Waals surface area contributed by atoms with E-state index in [1.807, 2.05) is 0 Å². The summed E-state index contributed by atoms with van der Waals surface area (Å²) in [5.74, 6) is 0.460. The number of aromatic amines is 1. The van der Waals surface area contributed by atoms with Gasteiger partial charge in [0.1, 0.15) is 17.6 Å². The van der Waals surface area contributed by atoms with Crippen molar-refractivity contribution in [1.82, 2.24) is 25.2 Å². The summed E-state index contributed by atoms with van der Waals surface area (Å²) >= 11 is 0. The molecule has 1 aliphatic heterocycles. The maximum absolute atomic E-state index is 12.6. The normalized spacial score (nSPS) is 16.2. The highest BCUT2D eigenvalue weighted by Gasteiger charge is 2.30. The quantitative estimate of drug-likeness (QED) is 0.582. The molecule has 33 heavy (non-hydrogen) atoms. The van der Waals surface area contributed by atoms with E-state index in [9.17, 15) is 22.2 Å². The van der Waals surface area contributed by atoms with Crippen LogP contribution in [0, 0.1) is 0 Å². The van der Waals surface area contributed by atoms with E-state index in [0.717, 1.165) is 17.6 Å². The summed E-state index contributed by atoms with van der Waals surface area (Å²) in [6.45, 7) is 2.69. The Morgan fingerprint density at radius 1 is 1.03 bits per heavy atom. The second-order valence-electron chi connectivity index (χ2n) is 7.60. The van der Waals surface area contributed by atoms with Crippen molar-refractivity contribution in [2.45, 2.75) is 17.7 Å². The van der Waals surface area contributed by atoms with Gasteiger partial charge in [0.05, 0.1) is 16.4 Å². The van der Waals surface area contributed by atoms with Crippen LogP contribution in [0.25, 0.3) is 11.0 Å². The van der Waals surface area contributed by atoms with Crippen LogP contribution in [0.3, 0.4) is 0 Å². The number of carbonyl (C=O) groups is 1. The molecule has 4 rings (SSSR count). The lowest BCUT2D eigenvalue weighted by Crippen LogP contribution is -2.49. The predicted molar refractivity (Wildman–Crippen MR) is 115 cm³/mol. The van der Waals surface area contributed by atoms with Crippen molar-refractivity contribution in [2.75, 3.05) is 38.5 Å². The maximum atomic E-state index is 12.6. The van der Waals surface area contributed by atoms with Crippen molar-refractivity contribution < 1.29 is 26.9 Å². The predicted octanol–water partition coefficient (Wildman–Crippen LogP) is 3.04. The van der Waals surface area contributed by atoms with Crippen LogP contribution in [0.2, 0.25) is 0 Å². The molecular formula is C21H22F3N5O3S. The zero-order chi connectivity index (χ0) is 23.4. The Morgan fingerprint density at radius 2 is 1.73 bits per heavy atom. The third-order valence-electron chi connectivity index (χ3n) is 5.42. The van der Waals surface area contributed by atoms with Gasteiger partial charge in [-0.25, -0.2) is 4.79 Å². The van der Waals surface area contributed by atoms with Gasteiger partial charge in [-0.1, -0.05) is 12.1 Å². The Labute approximate surface area is 190 Å². The topological polar surface area (TPSA) is 91.4 Å². The van der Waals surface area contributed by atoms with E-state index < -0.39 is 28.6 Å². The van der Waals surface area contributed by atoms with Crippen LogP contribution in [0.15, 0.2) is 47.4 Å². The number of hydrogen-bond acceptors (Lipinski definition) is 6. The monoisotopic (exact) mass is 481 g/mol. The second kappa shape index (κ2) is 9.87. The third kappa shape index (κ3) is 5.88. The van der Waals surface area contributed by atoms with Crippen molar-refractivity contribution in [3.05, 3.63) is 53.6 Å². The van der Waals surface area contributed by atoms with Crippen molar-refractivity contribution in [3.63, 3.8) is 0 Å². The number of nitrogens with zero attached hydrogens (tertiary/aromatic N) is 4. The smallest absolute Gasteiger partial charge is 0.416 e. The summed E-state index contributed by atoms with van der Waals surface area (Å²) in [5.41, 5.74) is 1.14. The molecule has 3 aromatic rings. The minimum Gasteiger partial charge on any atom is -0.445 e. The average molecular weight is 482 g/mol. The molecule has 0 spiro atoms. The number of benzene rings is 2. The van der Waals surface area contributed by atoms with E-state index in [0.29, 0.717) is 54.5 Å². The molecular weight excluding hydrogens is 459 g/mol. The molecule has 0 radical (unpaired) electrons. The molecule has 0 saturated carbocycles. The highest BCUT2D eigenvalue weighted by atomic mass is 32.2. The van der Waals surface area contributed by atoms with Gasteiger partial charge < -0.3 is 9.64 Å². The van der Waals surface area contributed by atoms with Gasteiger partial charge >= 0.3 is 12.3 Å². The Balaban J connectivity index is 1.19. The molecule has 1 fully saturated rings. The molecule has 0 aliphatic carbocycles. The molecule has 8 nitrogen and oxygen atoms in total. The summed E-state index contributed by atoms with van der Waals surface area (Å²) in [7, 11) is -1.17. The number of nitrogens with one attached hydrogen (secondary N) is 1. The van der Waals surface area contributed by atoms with E-state index in [-0.39, 0.29) is 6.61 Å². The third-order valence-corrected chi connectivity index (χ3v) is 6.75. The molecule has 0 bridgehead atoms. The SMILES string of the molecule is O=C(OCc1ccc(C(F)(F)F)cc1)N1CCN(CCS(=O)c2ccc3n[nH]nc3c2)CC1. The van der Waals surface area contributed by atoms with Gasteiger partial charge in [0.2, 0.25) is 0 Å². The van der Waals surface area contributed by atoms with E-state index >= 15 is 0 Å². The number of carbonyl (C=O) groups excluding carboxylic acids is 1. The number of aromatic nitrogens is 3. The summed E-state index contributed by atoms with van der Waals surface area (Å²) in [5, 5.41) is 10.5. The number of halogens is 3. The van der Waals surface area contributed by atoms with Crippen LogP contribution < -0.4 is 0 Å². The number of hydrogen-bond donors (Lipinski definition) is 1. The van der Waals surface area contributed by atoms with E-state index in [1.165, 1.54) is 12.1 Å². The fraction of sp³-hybridized carbons (Fsp3) is 0.381. The summed E-state index contributed by atoms with van der Waals surface area (Å²) < 4.78 is 55.7. The van der Waals surface area contributed by atoms with Crippen LogP contribution >= 0.6 is 0 Å². The Bertz CT molecular complexity index is 1130. The highest BCUT2D eigenvalue weighted by Crippen LogP contribution is 2.29. The largest absolute Gasteiger partial charge is 0.445 e. The molecule has 2 heterocycles. The fourth-order valence-corrected chi connectivity index (χ4v) is 4.59. The Morgan fingerprint density at radius 3 is 2.42 bits per heavy atom. The lowest BCUT2D eigenvalue weighted by Gasteiger charge is -2.33. The number of piperazine rings is 1. The maximum Gasteiger partial charge on any atom is 0.416 e. The van der Waals surface area contributed by atoms with Crippen molar-refractivity contribution in [3.8, 4) is 0 Å². The molecule has 1 aliphatic rings. The van der Waals surface area contributed by atoms with Crippen LogP contribution in [0.1, 0.15) is 11.1 Å². The molecule has 12 heteroatoms. The van der Waals surface area contributed by atoms with Gasteiger partial charge in [0, 0.05) is 43.4 Å². The van der Waals surface area contributed by atoms with Crippen molar-refractivity contribution in [2.24, 2.45) is 0 Å². The molecule has 1 N–H and O–H groups in total. The molecule has 2 aromatic carbocycles. The van der Waals surface area contributed by atoms with E-state index in [2.05, 4.69) is 20.3 Å². The zero-order valence-electron chi connectivity index (χ0n) is 17.5. The van der Waals surface area contributed by atoms with Crippen LogP contribution in [0.4, 0.5) is 18.0 Å². The number of alkyl halides is 3. The molecule has 1 unspecified atom stereocenters. The number of rotatable bonds is 6. The first-order valence-corrected chi connectivity index (χ1v) is 11.6. The van der Waals surface area contributed by atoms with Gasteiger partial charge in [-0.15, -0.1) is 0 Å². The first-order valence-electron chi connectivity index (χ1n) is 10.3. The van der Waals surface area contributed by atoms with Crippen LogP contribution in [-0.4, -0.2) is 74.0 Å². The van der Waals surface area contributed by atoms with Crippen LogP contribution in [0.5, 0.6) is 0 Å². The van der Waals surface area contributed by atoms with Gasteiger partial charge in [-0.2, -0.15) is 28.6 Å². The molecule has 1 saturated heterocycles. The minimum atomic E-state index is -4.40. The standard InChI is InChI=1S/C21H22F3N5O3S/c22-21(23,24)16-3-1-15(2-4-16)14-32-20(30)29-9-7-28(8-10-29)11-12-33(31)17-5-6-18-19(13-17)26-27-25-18/h1-6,13H,7-12,14H2,(H,25,26,27). The minimum absolute atomic E-state index is 0.0912. The van der Waals surface area contributed by atoms with Crippen LogP contribution in [-0.2, 0) is 28.3 Å². The lowest BCUT2D eigenvalue weighted by atomic mass is 10.1.